The molecule has 2 nitrogen and oxygen atoms in total. The zero-order valence-electron chi connectivity index (χ0n) is 15.2. The molecule has 2 aliphatic carbocycles. The molecule has 0 aromatic heterocycles. The summed E-state index contributed by atoms with van der Waals surface area (Å²) in [5.74, 6) is 0.153. The van der Waals surface area contributed by atoms with Crippen molar-refractivity contribution in [2.75, 3.05) is 0 Å². The van der Waals surface area contributed by atoms with Crippen LogP contribution in [0.4, 0.5) is 8.78 Å². The topological polar surface area (TPSA) is 37.3 Å². The van der Waals surface area contributed by atoms with E-state index >= 15 is 0 Å². The number of benzene rings is 1. The number of hydrogen-bond donors (Lipinski definition) is 1. The van der Waals surface area contributed by atoms with Crippen molar-refractivity contribution in [1.82, 2.24) is 0 Å². The SMILES string of the molecule is O=C(O)/C=C/C[C@H]1CC[C@H]([C@H]2CC[C@H](c3ccc(F)c(F)c3)CC2)CC1. The van der Waals surface area contributed by atoms with Crippen LogP contribution < -0.4 is 0 Å². The molecule has 0 bridgehead atoms. The van der Waals surface area contributed by atoms with Gasteiger partial charge in [0, 0.05) is 6.08 Å². The van der Waals surface area contributed by atoms with E-state index in [1.165, 1.54) is 56.7 Å². The summed E-state index contributed by atoms with van der Waals surface area (Å²) >= 11 is 0. The van der Waals surface area contributed by atoms with Crippen LogP contribution >= 0.6 is 0 Å². The molecule has 3 rings (SSSR count). The quantitative estimate of drug-likeness (QED) is 0.645. The number of hydrogen-bond acceptors (Lipinski definition) is 1. The van der Waals surface area contributed by atoms with Crippen LogP contribution in [0.1, 0.15) is 69.3 Å². The molecule has 1 aromatic carbocycles. The van der Waals surface area contributed by atoms with Crippen LogP contribution in [0.2, 0.25) is 0 Å². The van der Waals surface area contributed by atoms with E-state index in [0.717, 1.165) is 36.7 Å². The molecule has 2 fully saturated rings. The Morgan fingerprint density at radius 3 is 2.15 bits per heavy atom. The van der Waals surface area contributed by atoms with Crippen LogP contribution in [-0.2, 0) is 4.79 Å². The molecule has 0 spiro atoms. The van der Waals surface area contributed by atoms with Gasteiger partial charge in [-0.25, -0.2) is 13.6 Å². The zero-order valence-corrected chi connectivity index (χ0v) is 15.2. The van der Waals surface area contributed by atoms with Crippen molar-refractivity contribution in [2.24, 2.45) is 17.8 Å². The molecule has 0 atom stereocenters. The zero-order chi connectivity index (χ0) is 18.5. The lowest BCUT2D eigenvalue weighted by Crippen LogP contribution is -2.25. The van der Waals surface area contributed by atoms with E-state index in [-0.39, 0.29) is 0 Å². The molecule has 0 heterocycles. The Kier molecular flexibility index (Phi) is 6.44. The van der Waals surface area contributed by atoms with Gasteiger partial charge in [-0.2, -0.15) is 0 Å². The Bertz CT molecular complexity index is 640. The van der Waals surface area contributed by atoms with Crippen molar-refractivity contribution in [2.45, 2.75) is 63.7 Å². The van der Waals surface area contributed by atoms with Gasteiger partial charge in [-0.05, 0) is 99.2 Å². The largest absolute Gasteiger partial charge is 0.478 e. The summed E-state index contributed by atoms with van der Waals surface area (Å²) < 4.78 is 26.6. The summed E-state index contributed by atoms with van der Waals surface area (Å²) in [7, 11) is 0. The Hall–Kier alpha value is -1.71. The predicted molar refractivity (Wildman–Crippen MR) is 97.9 cm³/mol. The van der Waals surface area contributed by atoms with Crippen molar-refractivity contribution >= 4 is 5.97 Å². The van der Waals surface area contributed by atoms with Crippen molar-refractivity contribution in [1.29, 1.82) is 0 Å². The number of carboxylic acids is 1. The van der Waals surface area contributed by atoms with Gasteiger partial charge in [-0.3, -0.25) is 0 Å². The van der Waals surface area contributed by atoms with Gasteiger partial charge in [-0.15, -0.1) is 0 Å². The highest BCUT2D eigenvalue weighted by Gasteiger charge is 2.31. The molecule has 0 saturated heterocycles. The molecule has 2 saturated carbocycles. The highest BCUT2D eigenvalue weighted by atomic mass is 19.2. The summed E-state index contributed by atoms with van der Waals surface area (Å²) in [6.45, 7) is 0. The average Bonchev–Trinajstić information content (AvgIpc) is 2.64. The summed E-state index contributed by atoms with van der Waals surface area (Å²) in [6, 6.07) is 4.35. The first-order valence-electron chi connectivity index (χ1n) is 9.87. The second kappa shape index (κ2) is 8.79. The molecule has 0 unspecified atom stereocenters. The maximum atomic E-state index is 13.5. The van der Waals surface area contributed by atoms with Crippen molar-refractivity contribution in [3.63, 3.8) is 0 Å². The van der Waals surface area contributed by atoms with E-state index in [1.807, 2.05) is 0 Å². The second-order valence-corrected chi connectivity index (χ2v) is 8.04. The minimum absolute atomic E-state index is 0.360. The monoisotopic (exact) mass is 362 g/mol. The lowest BCUT2D eigenvalue weighted by molar-refractivity contribution is -0.131. The van der Waals surface area contributed by atoms with Gasteiger partial charge in [0.1, 0.15) is 0 Å². The lowest BCUT2D eigenvalue weighted by Gasteiger charge is -2.38. The van der Waals surface area contributed by atoms with Crippen LogP contribution in [0.3, 0.4) is 0 Å². The van der Waals surface area contributed by atoms with Crippen LogP contribution in [-0.4, -0.2) is 11.1 Å². The Labute approximate surface area is 154 Å². The van der Waals surface area contributed by atoms with E-state index in [1.54, 1.807) is 12.1 Å². The predicted octanol–water partition coefficient (Wildman–Crippen LogP) is 6.08. The summed E-state index contributed by atoms with van der Waals surface area (Å²) in [6.07, 6.45) is 13.3. The third kappa shape index (κ3) is 4.93. The summed E-state index contributed by atoms with van der Waals surface area (Å²) in [5.41, 5.74) is 0.941. The Balaban J connectivity index is 1.44. The minimum atomic E-state index is -0.864. The normalized spacial score (nSPS) is 29.8. The van der Waals surface area contributed by atoms with Crippen LogP contribution in [0.15, 0.2) is 30.4 Å². The molecule has 26 heavy (non-hydrogen) atoms. The van der Waals surface area contributed by atoms with Gasteiger partial charge >= 0.3 is 5.97 Å². The van der Waals surface area contributed by atoms with Crippen molar-refractivity contribution in [3.05, 3.63) is 47.5 Å². The first-order valence-corrected chi connectivity index (χ1v) is 9.87. The lowest BCUT2D eigenvalue weighted by atomic mass is 9.68. The van der Waals surface area contributed by atoms with E-state index in [9.17, 15) is 13.6 Å². The smallest absolute Gasteiger partial charge is 0.327 e. The highest BCUT2D eigenvalue weighted by molar-refractivity contribution is 5.79. The molecule has 2 aliphatic rings. The average molecular weight is 362 g/mol. The number of carboxylic acid groups (broad SMARTS) is 1. The fourth-order valence-electron chi connectivity index (χ4n) is 4.95. The molecule has 142 valence electrons. The van der Waals surface area contributed by atoms with Gasteiger partial charge in [0.15, 0.2) is 11.6 Å². The minimum Gasteiger partial charge on any atom is -0.478 e. The van der Waals surface area contributed by atoms with Crippen molar-refractivity contribution < 1.29 is 18.7 Å². The highest BCUT2D eigenvalue weighted by Crippen LogP contribution is 2.44. The molecule has 4 heteroatoms. The third-order valence-electron chi connectivity index (χ3n) is 6.47. The van der Waals surface area contributed by atoms with Crippen molar-refractivity contribution in [3.8, 4) is 0 Å². The van der Waals surface area contributed by atoms with Gasteiger partial charge in [0.2, 0.25) is 0 Å². The van der Waals surface area contributed by atoms with Crippen LogP contribution in [0.25, 0.3) is 0 Å². The van der Waals surface area contributed by atoms with E-state index in [2.05, 4.69) is 0 Å². The number of allylic oxidation sites excluding steroid dienone is 1. The number of carbonyl (C=O) groups is 1. The van der Waals surface area contributed by atoms with Gasteiger partial charge < -0.3 is 5.11 Å². The summed E-state index contributed by atoms with van der Waals surface area (Å²) in [4.78, 5) is 10.5. The molecule has 0 radical (unpaired) electrons. The number of halogens is 2. The standard InChI is InChI=1S/C22H28F2O2/c23-20-13-12-19(14-21(20)24)18-10-8-17(9-11-18)16-6-4-15(5-7-16)2-1-3-22(25)26/h1,3,12-18H,2,4-11H2,(H,25,26)/b3-1+/t15-,16-,17-,18-. The third-order valence-corrected chi connectivity index (χ3v) is 6.47. The fourth-order valence-corrected chi connectivity index (χ4v) is 4.95. The number of rotatable bonds is 5. The Morgan fingerprint density at radius 2 is 1.58 bits per heavy atom. The van der Waals surface area contributed by atoms with Gasteiger partial charge in [-0.1, -0.05) is 12.1 Å². The molecular formula is C22H28F2O2. The molecular weight excluding hydrogens is 334 g/mol. The van der Waals surface area contributed by atoms with Crippen LogP contribution in [0, 0.1) is 29.4 Å². The maximum absolute atomic E-state index is 13.5. The molecule has 1 N–H and O–H groups in total. The molecule has 0 aliphatic heterocycles. The first kappa shape index (κ1) is 19.1. The van der Waals surface area contributed by atoms with E-state index < -0.39 is 17.6 Å². The Morgan fingerprint density at radius 1 is 0.962 bits per heavy atom. The number of aliphatic carboxylic acids is 1. The van der Waals surface area contributed by atoms with Crippen LogP contribution in [0.5, 0.6) is 0 Å². The van der Waals surface area contributed by atoms with E-state index in [4.69, 9.17) is 5.11 Å². The van der Waals surface area contributed by atoms with Gasteiger partial charge in [0.25, 0.3) is 0 Å². The summed E-state index contributed by atoms with van der Waals surface area (Å²) in [5, 5.41) is 8.66. The van der Waals surface area contributed by atoms with E-state index in [0.29, 0.717) is 11.8 Å². The first-order chi connectivity index (χ1) is 12.5. The van der Waals surface area contributed by atoms with Gasteiger partial charge in [0.05, 0.1) is 0 Å². The molecule has 1 aromatic rings. The fraction of sp³-hybridized carbons (Fsp3) is 0.591. The maximum Gasteiger partial charge on any atom is 0.327 e. The molecule has 0 amide bonds. The second-order valence-electron chi connectivity index (χ2n) is 8.04.